The first kappa shape index (κ1) is 20.4. The highest BCUT2D eigenvalue weighted by molar-refractivity contribution is 8.06. The highest BCUT2D eigenvalue weighted by Gasteiger charge is 2.41. The minimum absolute atomic E-state index is 0.0471. The molecule has 2 aliphatic heterocycles. The lowest BCUT2D eigenvalue weighted by Crippen LogP contribution is -2.37. The fraction of sp³-hybridized carbons (Fsp3) is 0.0909. The van der Waals surface area contributed by atoms with Gasteiger partial charge >= 0.3 is 5.97 Å². The van der Waals surface area contributed by atoms with Gasteiger partial charge in [0.1, 0.15) is 22.0 Å². The van der Waals surface area contributed by atoms with Gasteiger partial charge in [0.2, 0.25) is 0 Å². The van der Waals surface area contributed by atoms with E-state index < -0.39 is 17.8 Å². The van der Waals surface area contributed by atoms with E-state index >= 15 is 0 Å². The van der Waals surface area contributed by atoms with Crippen LogP contribution in [0.3, 0.4) is 0 Å². The summed E-state index contributed by atoms with van der Waals surface area (Å²) in [6.45, 7) is 1.85. The van der Waals surface area contributed by atoms with E-state index in [1.807, 2.05) is 12.1 Å². The number of anilines is 2. The summed E-state index contributed by atoms with van der Waals surface area (Å²) < 4.78 is 5.06. The number of benzene rings is 2. The third-order valence-corrected chi connectivity index (χ3v) is 5.53. The van der Waals surface area contributed by atoms with Crippen LogP contribution in [0, 0.1) is 5.41 Å². The Morgan fingerprint density at radius 2 is 1.65 bits per heavy atom. The first-order chi connectivity index (χ1) is 15.0. The van der Waals surface area contributed by atoms with Crippen LogP contribution in [0.5, 0.6) is 0 Å². The van der Waals surface area contributed by atoms with Gasteiger partial charge in [0, 0.05) is 5.69 Å². The van der Waals surface area contributed by atoms with E-state index in [0.29, 0.717) is 11.4 Å². The topological polar surface area (TPSA) is 103 Å². The van der Waals surface area contributed by atoms with Crippen LogP contribution in [0.1, 0.15) is 6.92 Å². The predicted octanol–water partition coefficient (Wildman–Crippen LogP) is 2.95. The zero-order chi connectivity index (χ0) is 22.0. The van der Waals surface area contributed by atoms with E-state index in [1.54, 1.807) is 55.5 Å². The maximum absolute atomic E-state index is 13.2. The molecule has 0 radical (unpaired) electrons. The van der Waals surface area contributed by atoms with Crippen LogP contribution in [0.4, 0.5) is 11.4 Å². The molecule has 2 amide bonds. The van der Waals surface area contributed by atoms with Gasteiger partial charge in [-0.05, 0) is 36.6 Å². The molecule has 1 saturated heterocycles. The van der Waals surface area contributed by atoms with Gasteiger partial charge in [-0.1, -0.05) is 48.2 Å². The van der Waals surface area contributed by atoms with Gasteiger partial charge in [-0.2, -0.15) is 0 Å². The molecule has 2 N–H and O–H groups in total. The summed E-state index contributed by atoms with van der Waals surface area (Å²) in [4.78, 5) is 39.7. The van der Waals surface area contributed by atoms with Crippen molar-refractivity contribution in [3.63, 3.8) is 0 Å². The molecule has 2 aromatic rings. The highest BCUT2D eigenvalue weighted by atomic mass is 32.2. The fourth-order valence-corrected chi connectivity index (χ4v) is 4.19. The number of amides is 2. The number of amidine groups is 1. The summed E-state index contributed by atoms with van der Waals surface area (Å²) in [5.41, 5.74) is 3.56. The second kappa shape index (κ2) is 8.49. The molecule has 4 rings (SSSR count). The molecule has 0 spiro atoms. The van der Waals surface area contributed by atoms with Crippen molar-refractivity contribution in [1.29, 1.82) is 5.41 Å². The molecule has 0 aromatic heterocycles. The van der Waals surface area contributed by atoms with Crippen LogP contribution >= 0.6 is 11.8 Å². The average molecular weight is 434 g/mol. The number of para-hydroxylation sites is 2. The minimum atomic E-state index is -0.641. The molecular formula is C22H18N4O4S. The zero-order valence-corrected chi connectivity index (χ0v) is 17.3. The third kappa shape index (κ3) is 3.71. The first-order valence-corrected chi connectivity index (χ1v) is 10.3. The molecule has 2 aliphatic rings. The third-order valence-electron chi connectivity index (χ3n) is 4.57. The summed E-state index contributed by atoms with van der Waals surface area (Å²) in [7, 11) is 0. The van der Waals surface area contributed by atoms with Gasteiger partial charge in [-0.15, -0.1) is 0 Å². The number of hydrogen-bond donors (Lipinski definition) is 2. The van der Waals surface area contributed by atoms with Gasteiger partial charge in [0.15, 0.2) is 0 Å². The van der Waals surface area contributed by atoms with Crippen molar-refractivity contribution < 1.29 is 19.1 Å². The molecule has 0 aliphatic carbocycles. The molecule has 2 heterocycles. The van der Waals surface area contributed by atoms with Crippen LogP contribution in [0.15, 0.2) is 82.2 Å². The number of thioether (sulfide) groups is 1. The number of rotatable bonds is 4. The van der Waals surface area contributed by atoms with Gasteiger partial charge in [0.05, 0.1) is 12.3 Å². The number of esters is 1. The Morgan fingerprint density at radius 1 is 1.03 bits per heavy atom. The summed E-state index contributed by atoms with van der Waals surface area (Å²) in [6.07, 6.45) is 0. The Balaban J connectivity index is 1.82. The molecule has 31 heavy (non-hydrogen) atoms. The van der Waals surface area contributed by atoms with Gasteiger partial charge in [-0.25, -0.2) is 9.80 Å². The Hall–Kier alpha value is -3.85. The second-order valence-corrected chi connectivity index (χ2v) is 7.34. The Morgan fingerprint density at radius 3 is 2.26 bits per heavy atom. The van der Waals surface area contributed by atoms with Crippen molar-refractivity contribution >= 4 is 46.8 Å². The largest absolute Gasteiger partial charge is 0.462 e. The lowest BCUT2D eigenvalue weighted by Gasteiger charge is -2.31. The SMILES string of the molecule is CCOC(=O)C1=CS/C(=C2/C(=O)NN(c3ccccc3)C2=O)N(c2ccccc2)C1=N. The minimum Gasteiger partial charge on any atom is -0.462 e. The van der Waals surface area contributed by atoms with Crippen LogP contribution in [-0.2, 0) is 19.1 Å². The van der Waals surface area contributed by atoms with Crippen molar-refractivity contribution in [2.75, 3.05) is 16.5 Å². The van der Waals surface area contributed by atoms with Crippen molar-refractivity contribution in [3.05, 3.63) is 82.2 Å². The number of carbonyl (C=O) groups is 3. The first-order valence-electron chi connectivity index (χ1n) is 9.45. The molecule has 0 atom stereocenters. The molecule has 156 valence electrons. The van der Waals surface area contributed by atoms with Crippen LogP contribution in [0.25, 0.3) is 0 Å². The van der Waals surface area contributed by atoms with E-state index in [9.17, 15) is 14.4 Å². The van der Waals surface area contributed by atoms with Gasteiger partial charge in [-0.3, -0.25) is 25.3 Å². The van der Waals surface area contributed by atoms with E-state index in [1.165, 1.54) is 15.3 Å². The summed E-state index contributed by atoms with van der Waals surface area (Å²) in [5.74, 6) is -1.94. The number of nitrogens with one attached hydrogen (secondary N) is 2. The van der Waals surface area contributed by atoms with E-state index in [2.05, 4.69) is 5.43 Å². The number of ether oxygens (including phenoxy) is 1. The molecular weight excluding hydrogens is 416 g/mol. The quantitative estimate of drug-likeness (QED) is 0.436. The summed E-state index contributed by atoms with van der Waals surface area (Å²) in [6, 6.07) is 17.5. The lowest BCUT2D eigenvalue weighted by molar-refractivity contribution is -0.137. The van der Waals surface area contributed by atoms with Gasteiger partial charge < -0.3 is 4.74 Å². The normalized spacial score (nSPS) is 18.7. The van der Waals surface area contributed by atoms with Crippen molar-refractivity contribution in [3.8, 4) is 0 Å². The maximum Gasteiger partial charge on any atom is 0.342 e. The Kier molecular flexibility index (Phi) is 5.59. The standard InChI is InChI=1S/C22H18N4O4S/c1-2-30-22(29)16-13-31-21(25(18(16)23)14-9-5-3-6-10-14)17-19(27)24-26(20(17)28)15-11-7-4-8-12-15/h3-13,23H,2H2,1H3,(H,24,27)/b21-17-,23-18?. The average Bonchev–Trinajstić information content (AvgIpc) is 3.08. The molecule has 2 aromatic carbocycles. The van der Waals surface area contributed by atoms with Crippen molar-refractivity contribution in [2.24, 2.45) is 0 Å². The van der Waals surface area contributed by atoms with Crippen LogP contribution in [-0.4, -0.2) is 30.2 Å². The van der Waals surface area contributed by atoms with Crippen molar-refractivity contribution in [1.82, 2.24) is 5.43 Å². The van der Waals surface area contributed by atoms with Crippen LogP contribution in [0.2, 0.25) is 0 Å². The number of carbonyl (C=O) groups excluding carboxylic acids is 3. The predicted molar refractivity (Wildman–Crippen MR) is 118 cm³/mol. The lowest BCUT2D eigenvalue weighted by atomic mass is 10.2. The number of hydrogen-bond acceptors (Lipinski definition) is 6. The number of nitrogens with zero attached hydrogens (tertiary/aromatic N) is 2. The van der Waals surface area contributed by atoms with Gasteiger partial charge in [0.25, 0.3) is 11.8 Å². The van der Waals surface area contributed by atoms with Crippen LogP contribution < -0.4 is 15.3 Å². The van der Waals surface area contributed by atoms with Crippen molar-refractivity contribution in [2.45, 2.75) is 6.92 Å². The van der Waals surface area contributed by atoms with E-state index in [4.69, 9.17) is 10.1 Å². The summed E-state index contributed by atoms with van der Waals surface area (Å²) in [5, 5.41) is 11.5. The monoisotopic (exact) mass is 434 g/mol. The Bertz CT molecular complexity index is 1130. The van der Waals surface area contributed by atoms with E-state index in [-0.39, 0.29) is 28.6 Å². The summed E-state index contributed by atoms with van der Waals surface area (Å²) >= 11 is 1.03. The number of hydrazine groups is 1. The second-order valence-electron chi connectivity index (χ2n) is 6.49. The molecule has 0 unspecified atom stereocenters. The molecule has 8 nitrogen and oxygen atoms in total. The maximum atomic E-state index is 13.2. The van der Waals surface area contributed by atoms with E-state index in [0.717, 1.165) is 11.8 Å². The molecule has 1 fully saturated rings. The smallest absolute Gasteiger partial charge is 0.342 e. The molecule has 0 saturated carbocycles. The Labute approximate surface area is 182 Å². The molecule has 9 heteroatoms. The molecule has 0 bridgehead atoms. The fourth-order valence-electron chi connectivity index (χ4n) is 3.16. The zero-order valence-electron chi connectivity index (χ0n) is 16.5. The highest BCUT2D eigenvalue weighted by Crippen LogP contribution is 2.38.